The molecule has 34 heavy (non-hydrogen) atoms. The minimum absolute atomic E-state index is 0.0963. The topological polar surface area (TPSA) is 101 Å². The fraction of sp³-hybridized carbons (Fsp3) is 0.273. The third-order valence-corrected chi connectivity index (χ3v) is 5.60. The Morgan fingerprint density at radius 2 is 1.97 bits per heavy atom. The number of nitrogens with zero attached hydrogens (tertiary/aromatic N) is 7. The first-order valence-electron chi connectivity index (χ1n) is 10.6. The number of aromatic nitrogens is 6. The van der Waals surface area contributed by atoms with E-state index in [1.807, 2.05) is 4.90 Å². The molecule has 0 unspecified atom stereocenters. The Morgan fingerprint density at radius 3 is 2.76 bits per heavy atom. The van der Waals surface area contributed by atoms with E-state index in [-0.39, 0.29) is 23.3 Å². The summed E-state index contributed by atoms with van der Waals surface area (Å²) in [7, 11) is 0. The lowest BCUT2D eigenvalue weighted by atomic mass is 9.97. The molecule has 5 rings (SSSR count). The maximum Gasteiger partial charge on any atom is 0.434 e. The van der Waals surface area contributed by atoms with E-state index in [9.17, 15) is 18.0 Å². The maximum atomic E-state index is 13.1. The van der Waals surface area contributed by atoms with Crippen molar-refractivity contribution >= 4 is 23.1 Å². The summed E-state index contributed by atoms with van der Waals surface area (Å²) < 4.78 is 40.7. The van der Waals surface area contributed by atoms with Crippen LogP contribution in [0.15, 0.2) is 55.4 Å². The summed E-state index contributed by atoms with van der Waals surface area (Å²) >= 11 is 0. The van der Waals surface area contributed by atoms with E-state index in [2.05, 4.69) is 30.2 Å². The van der Waals surface area contributed by atoms with Crippen molar-refractivity contribution in [3.8, 4) is 11.5 Å². The monoisotopic (exact) mass is 468 g/mol. The van der Waals surface area contributed by atoms with Gasteiger partial charge in [0.05, 0.1) is 30.2 Å². The smallest absolute Gasteiger partial charge is 0.356 e. The molecule has 0 aliphatic carbocycles. The lowest BCUT2D eigenvalue weighted by Crippen LogP contribution is -2.41. The summed E-state index contributed by atoms with van der Waals surface area (Å²) in [6.07, 6.45) is 5.07. The van der Waals surface area contributed by atoms with Crippen LogP contribution in [0.4, 0.5) is 24.7 Å². The van der Waals surface area contributed by atoms with Gasteiger partial charge in [-0.05, 0) is 31.0 Å². The van der Waals surface area contributed by atoms with Gasteiger partial charge in [-0.25, -0.2) is 19.9 Å². The average molecular weight is 468 g/mol. The van der Waals surface area contributed by atoms with E-state index in [1.54, 1.807) is 36.8 Å². The minimum atomic E-state index is -4.59. The van der Waals surface area contributed by atoms with Crippen LogP contribution >= 0.6 is 0 Å². The number of pyridine rings is 1. The van der Waals surface area contributed by atoms with Crippen molar-refractivity contribution in [1.82, 2.24) is 29.3 Å². The van der Waals surface area contributed by atoms with E-state index in [4.69, 9.17) is 0 Å². The summed E-state index contributed by atoms with van der Waals surface area (Å²) in [6, 6.07) is 5.24. The number of carbonyl (C=O) groups excluding carboxylic acids is 1. The molecule has 5 heterocycles. The highest BCUT2D eigenvalue weighted by Crippen LogP contribution is 2.29. The second-order valence-electron chi connectivity index (χ2n) is 7.90. The summed E-state index contributed by atoms with van der Waals surface area (Å²) in [4.78, 5) is 35.1. The number of hydrogen-bond donors (Lipinski definition) is 1. The molecule has 1 aliphatic heterocycles. The van der Waals surface area contributed by atoms with E-state index in [0.717, 1.165) is 25.2 Å². The van der Waals surface area contributed by atoms with Gasteiger partial charge in [0.25, 0.3) is 0 Å². The molecule has 4 aromatic heterocycles. The number of alkyl halides is 3. The number of imidazole rings is 1. The highest BCUT2D eigenvalue weighted by atomic mass is 19.4. The first kappa shape index (κ1) is 21.7. The SMILES string of the molecule is O=C(Nc1cccnc1)[C@@H]1CCCN(c2ccnc(-c3cnc4cnc(C(F)(F)F)cn34)n2)C1. The molecular weight excluding hydrogens is 449 g/mol. The molecule has 1 amide bonds. The van der Waals surface area contributed by atoms with Gasteiger partial charge >= 0.3 is 6.18 Å². The fourth-order valence-corrected chi connectivity index (χ4v) is 3.93. The zero-order valence-corrected chi connectivity index (χ0v) is 17.8. The van der Waals surface area contributed by atoms with Crippen LogP contribution in [0.2, 0.25) is 0 Å². The third-order valence-electron chi connectivity index (χ3n) is 5.60. The summed E-state index contributed by atoms with van der Waals surface area (Å²) in [5, 5.41) is 2.88. The van der Waals surface area contributed by atoms with Gasteiger partial charge in [-0.15, -0.1) is 0 Å². The van der Waals surface area contributed by atoms with Crippen molar-refractivity contribution < 1.29 is 18.0 Å². The molecule has 1 aliphatic rings. The Balaban J connectivity index is 1.38. The Hall–Kier alpha value is -4.09. The lowest BCUT2D eigenvalue weighted by molar-refractivity contribution is -0.141. The molecule has 1 N–H and O–H groups in total. The van der Waals surface area contributed by atoms with Crippen LogP contribution in [-0.4, -0.2) is 48.3 Å². The van der Waals surface area contributed by atoms with Gasteiger partial charge < -0.3 is 10.2 Å². The van der Waals surface area contributed by atoms with Crippen molar-refractivity contribution in [3.63, 3.8) is 0 Å². The van der Waals surface area contributed by atoms with Crippen LogP contribution in [0, 0.1) is 5.92 Å². The van der Waals surface area contributed by atoms with Crippen LogP contribution in [0.3, 0.4) is 0 Å². The zero-order chi connectivity index (χ0) is 23.7. The van der Waals surface area contributed by atoms with Gasteiger partial charge in [0, 0.05) is 31.7 Å². The third kappa shape index (κ3) is 4.38. The molecule has 9 nitrogen and oxygen atoms in total. The highest BCUT2D eigenvalue weighted by Gasteiger charge is 2.33. The van der Waals surface area contributed by atoms with Gasteiger partial charge in [-0.3, -0.25) is 14.2 Å². The van der Waals surface area contributed by atoms with E-state index in [1.165, 1.54) is 10.6 Å². The summed E-state index contributed by atoms with van der Waals surface area (Å²) in [5.41, 5.74) is 0.165. The largest absolute Gasteiger partial charge is 0.434 e. The van der Waals surface area contributed by atoms with E-state index >= 15 is 0 Å². The number of anilines is 2. The molecule has 1 fully saturated rings. The molecule has 0 aromatic carbocycles. The molecule has 1 saturated heterocycles. The zero-order valence-electron chi connectivity index (χ0n) is 17.8. The van der Waals surface area contributed by atoms with Crippen LogP contribution in [0.25, 0.3) is 17.2 Å². The second kappa shape index (κ2) is 8.69. The number of piperidine rings is 1. The molecule has 4 aromatic rings. The normalized spacial score (nSPS) is 16.6. The molecule has 0 spiro atoms. The van der Waals surface area contributed by atoms with E-state index < -0.39 is 11.9 Å². The van der Waals surface area contributed by atoms with E-state index in [0.29, 0.717) is 30.3 Å². The standard InChI is InChI=1S/C22H19F3N8O/c23-22(24,25)17-13-33-16(10-29-19(33)11-28-17)20-27-7-5-18(31-20)32-8-2-3-14(12-32)21(34)30-15-4-1-6-26-9-15/h1,4-7,9-11,13-14H,2-3,8,12H2,(H,30,34)/t14-/m1/s1. The number of fused-ring (bicyclic) bond motifs is 1. The molecule has 0 bridgehead atoms. The first-order valence-corrected chi connectivity index (χ1v) is 10.6. The predicted octanol–water partition coefficient (Wildman–Crippen LogP) is 3.46. The van der Waals surface area contributed by atoms with Gasteiger partial charge in [-0.1, -0.05) is 0 Å². The molecule has 1 atom stereocenters. The predicted molar refractivity (Wildman–Crippen MR) is 117 cm³/mol. The highest BCUT2D eigenvalue weighted by molar-refractivity contribution is 5.92. The Bertz CT molecular complexity index is 1320. The summed E-state index contributed by atoms with van der Waals surface area (Å²) in [5.74, 6) is 0.472. The Kier molecular flexibility index (Phi) is 5.56. The number of rotatable bonds is 4. The van der Waals surface area contributed by atoms with Crippen molar-refractivity contribution in [3.05, 3.63) is 61.1 Å². The maximum absolute atomic E-state index is 13.1. The van der Waals surface area contributed by atoms with Crippen LogP contribution in [0.5, 0.6) is 0 Å². The van der Waals surface area contributed by atoms with Crippen LogP contribution in [0.1, 0.15) is 18.5 Å². The molecule has 0 saturated carbocycles. The second-order valence-corrected chi connectivity index (χ2v) is 7.90. The molecule has 0 radical (unpaired) electrons. The molecule has 12 heteroatoms. The fourth-order valence-electron chi connectivity index (χ4n) is 3.93. The first-order chi connectivity index (χ1) is 16.4. The number of hydrogen-bond acceptors (Lipinski definition) is 7. The number of carbonyl (C=O) groups is 1. The quantitative estimate of drug-likeness (QED) is 0.490. The number of nitrogens with one attached hydrogen (secondary N) is 1. The number of halogens is 3. The Labute approximate surface area is 191 Å². The van der Waals surface area contributed by atoms with Crippen LogP contribution in [-0.2, 0) is 11.0 Å². The molecular formula is C22H19F3N8O. The van der Waals surface area contributed by atoms with Gasteiger partial charge in [0.15, 0.2) is 17.2 Å². The van der Waals surface area contributed by atoms with Gasteiger partial charge in [-0.2, -0.15) is 13.2 Å². The van der Waals surface area contributed by atoms with Gasteiger partial charge in [0.2, 0.25) is 5.91 Å². The minimum Gasteiger partial charge on any atom is -0.356 e. The van der Waals surface area contributed by atoms with Gasteiger partial charge in [0.1, 0.15) is 11.5 Å². The Morgan fingerprint density at radius 1 is 1.09 bits per heavy atom. The molecule has 174 valence electrons. The van der Waals surface area contributed by atoms with Crippen LogP contribution < -0.4 is 10.2 Å². The average Bonchev–Trinajstić information content (AvgIpc) is 3.28. The van der Waals surface area contributed by atoms with Crippen molar-refractivity contribution in [2.75, 3.05) is 23.3 Å². The van der Waals surface area contributed by atoms with Crippen molar-refractivity contribution in [2.24, 2.45) is 5.92 Å². The summed E-state index contributed by atoms with van der Waals surface area (Å²) in [6.45, 7) is 1.15. The number of amides is 1. The van der Waals surface area contributed by atoms with Crippen molar-refractivity contribution in [2.45, 2.75) is 19.0 Å². The van der Waals surface area contributed by atoms with Crippen molar-refractivity contribution in [1.29, 1.82) is 0 Å². The lowest BCUT2D eigenvalue weighted by Gasteiger charge is -2.32.